The second kappa shape index (κ2) is 6.36. The molecule has 7 heteroatoms. The van der Waals surface area contributed by atoms with E-state index in [1.807, 2.05) is 30.3 Å². The Bertz CT molecular complexity index is 564. The number of aromatic nitrogens is 2. The van der Waals surface area contributed by atoms with Crippen molar-refractivity contribution in [3.05, 3.63) is 42.1 Å². The molecule has 0 atom stereocenters. The maximum absolute atomic E-state index is 9.26. The molecule has 20 heavy (non-hydrogen) atoms. The van der Waals surface area contributed by atoms with Gasteiger partial charge < -0.3 is 19.7 Å². The zero-order chi connectivity index (χ0) is 14.5. The molecule has 0 unspecified atom stereocenters. The van der Waals surface area contributed by atoms with E-state index in [-0.39, 0.29) is 11.5 Å². The Kier molecular flexibility index (Phi) is 4.55. The van der Waals surface area contributed by atoms with Crippen LogP contribution in [0.2, 0.25) is 0 Å². The van der Waals surface area contributed by atoms with Gasteiger partial charge in [0.1, 0.15) is 12.4 Å². The van der Waals surface area contributed by atoms with Crippen molar-refractivity contribution >= 4 is 18.4 Å². The summed E-state index contributed by atoms with van der Waals surface area (Å²) in [7, 11) is 1.90. The largest absolute Gasteiger partial charge is 0.493 e. The number of hydrogen-bond acceptors (Lipinski definition) is 6. The van der Waals surface area contributed by atoms with Crippen LogP contribution in [0.5, 0.6) is 6.01 Å². The van der Waals surface area contributed by atoms with Crippen LogP contribution in [0.1, 0.15) is 5.56 Å². The van der Waals surface area contributed by atoms with E-state index in [0.717, 1.165) is 5.56 Å². The Balaban J connectivity index is 2.15. The first-order chi connectivity index (χ1) is 9.58. The van der Waals surface area contributed by atoms with E-state index >= 15 is 0 Å². The molecule has 0 spiro atoms. The Labute approximate surface area is 117 Å². The minimum atomic E-state index is -1.62. The van der Waals surface area contributed by atoms with Gasteiger partial charge in [-0.2, -0.15) is 4.98 Å². The molecule has 0 radical (unpaired) electrons. The van der Waals surface area contributed by atoms with E-state index in [0.29, 0.717) is 12.4 Å². The predicted octanol–water partition coefficient (Wildman–Crippen LogP) is -0.199. The van der Waals surface area contributed by atoms with Gasteiger partial charge in [0.15, 0.2) is 0 Å². The van der Waals surface area contributed by atoms with E-state index in [2.05, 4.69) is 9.97 Å². The van der Waals surface area contributed by atoms with Gasteiger partial charge >= 0.3 is 13.1 Å². The van der Waals surface area contributed by atoms with E-state index < -0.39 is 7.12 Å². The highest BCUT2D eigenvalue weighted by molar-refractivity contribution is 6.60. The van der Waals surface area contributed by atoms with Crippen molar-refractivity contribution in [1.82, 2.24) is 9.97 Å². The van der Waals surface area contributed by atoms with Gasteiger partial charge in [-0.15, -0.1) is 0 Å². The standard InChI is InChI=1S/C13H16BN3O3/c1-17(2)12-11(14(18)19)8-15-13(16-12)20-9-10-6-4-3-5-7-10/h3-8,18-19H,9H2,1-2H3. The average molecular weight is 273 g/mol. The lowest BCUT2D eigenvalue weighted by Crippen LogP contribution is -2.36. The third kappa shape index (κ3) is 3.46. The summed E-state index contributed by atoms with van der Waals surface area (Å²) in [6.45, 7) is 0.356. The first kappa shape index (κ1) is 14.3. The number of rotatable bonds is 5. The Morgan fingerprint density at radius 1 is 1.20 bits per heavy atom. The number of benzene rings is 1. The predicted molar refractivity (Wildman–Crippen MR) is 77.0 cm³/mol. The fourth-order valence-corrected chi connectivity index (χ4v) is 1.70. The molecule has 0 aliphatic heterocycles. The van der Waals surface area contributed by atoms with Gasteiger partial charge in [0.25, 0.3) is 0 Å². The van der Waals surface area contributed by atoms with Crippen LogP contribution in [0, 0.1) is 0 Å². The van der Waals surface area contributed by atoms with Gasteiger partial charge in [-0.1, -0.05) is 30.3 Å². The minimum Gasteiger partial charge on any atom is -0.459 e. The van der Waals surface area contributed by atoms with Crippen LogP contribution in [-0.2, 0) is 6.61 Å². The van der Waals surface area contributed by atoms with Crippen LogP contribution >= 0.6 is 0 Å². The molecule has 1 aromatic heterocycles. The number of anilines is 1. The summed E-state index contributed by atoms with van der Waals surface area (Å²) in [5.41, 5.74) is 1.25. The molecule has 0 saturated heterocycles. The summed E-state index contributed by atoms with van der Waals surface area (Å²) >= 11 is 0. The van der Waals surface area contributed by atoms with Crippen molar-refractivity contribution in [3.8, 4) is 6.01 Å². The molecule has 0 saturated carbocycles. The molecule has 0 fully saturated rings. The van der Waals surface area contributed by atoms with Crippen LogP contribution in [0.4, 0.5) is 5.82 Å². The van der Waals surface area contributed by atoms with Gasteiger partial charge in [-0.25, -0.2) is 4.98 Å². The third-order valence-electron chi connectivity index (χ3n) is 2.69. The second-order valence-corrected chi connectivity index (χ2v) is 4.47. The van der Waals surface area contributed by atoms with E-state index in [1.54, 1.807) is 19.0 Å². The Morgan fingerprint density at radius 2 is 1.90 bits per heavy atom. The van der Waals surface area contributed by atoms with Crippen molar-refractivity contribution in [2.75, 3.05) is 19.0 Å². The van der Waals surface area contributed by atoms with Gasteiger partial charge in [-0.05, 0) is 5.56 Å². The summed E-state index contributed by atoms with van der Waals surface area (Å²) < 4.78 is 5.51. The maximum Gasteiger partial charge on any atom is 0.493 e. The topological polar surface area (TPSA) is 78.7 Å². The molecule has 1 aromatic carbocycles. The molecule has 0 bridgehead atoms. The van der Waals surface area contributed by atoms with E-state index in [1.165, 1.54) is 6.20 Å². The Hall–Kier alpha value is -2.12. The monoisotopic (exact) mass is 273 g/mol. The summed E-state index contributed by atoms with van der Waals surface area (Å²) in [5, 5.41) is 18.5. The summed E-state index contributed by atoms with van der Waals surface area (Å²) in [4.78, 5) is 9.83. The van der Waals surface area contributed by atoms with Crippen molar-refractivity contribution in [2.45, 2.75) is 6.61 Å². The fourth-order valence-electron chi connectivity index (χ4n) is 1.70. The number of hydrogen-bond donors (Lipinski definition) is 2. The molecular formula is C13H16BN3O3. The van der Waals surface area contributed by atoms with E-state index in [9.17, 15) is 10.0 Å². The highest BCUT2D eigenvalue weighted by Gasteiger charge is 2.20. The molecule has 0 aliphatic carbocycles. The second-order valence-electron chi connectivity index (χ2n) is 4.47. The van der Waals surface area contributed by atoms with Gasteiger partial charge in [-0.3, -0.25) is 0 Å². The van der Waals surface area contributed by atoms with Gasteiger partial charge in [0.2, 0.25) is 0 Å². The third-order valence-corrected chi connectivity index (χ3v) is 2.69. The molecule has 6 nitrogen and oxygen atoms in total. The van der Waals surface area contributed by atoms with Crippen LogP contribution < -0.4 is 15.1 Å². The van der Waals surface area contributed by atoms with Crippen molar-refractivity contribution < 1.29 is 14.8 Å². The average Bonchev–Trinajstić information content (AvgIpc) is 2.45. The van der Waals surface area contributed by atoms with Crippen LogP contribution in [-0.4, -0.2) is 41.2 Å². The lowest BCUT2D eigenvalue weighted by atomic mass is 9.81. The number of nitrogens with zero attached hydrogens (tertiary/aromatic N) is 3. The van der Waals surface area contributed by atoms with Crippen molar-refractivity contribution in [2.24, 2.45) is 0 Å². The van der Waals surface area contributed by atoms with Crippen LogP contribution in [0.25, 0.3) is 0 Å². The number of ether oxygens (including phenoxy) is 1. The molecular weight excluding hydrogens is 257 g/mol. The zero-order valence-corrected chi connectivity index (χ0v) is 11.4. The molecule has 0 amide bonds. The van der Waals surface area contributed by atoms with Crippen LogP contribution in [0.15, 0.2) is 36.5 Å². The molecule has 2 rings (SSSR count). The van der Waals surface area contributed by atoms with Gasteiger partial charge in [0, 0.05) is 25.8 Å². The van der Waals surface area contributed by atoms with E-state index in [4.69, 9.17) is 4.74 Å². The summed E-state index contributed by atoms with van der Waals surface area (Å²) in [6, 6.07) is 9.87. The first-order valence-corrected chi connectivity index (χ1v) is 6.15. The summed E-state index contributed by atoms with van der Waals surface area (Å²) in [6.07, 6.45) is 1.35. The molecule has 2 N–H and O–H groups in total. The molecule has 2 aromatic rings. The molecule has 104 valence electrons. The SMILES string of the molecule is CN(C)c1nc(OCc2ccccc2)ncc1B(O)O. The highest BCUT2D eigenvalue weighted by atomic mass is 16.5. The normalized spacial score (nSPS) is 10.2. The minimum absolute atomic E-state index is 0.196. The first-order valence-electron chi connectivity index (χ1n) is 6.15. The smallest absolute Gasteiger partial charge is 0.459 e. The van der Waals surface area contributed by atoms with Gasteiger partial charge in [0.05, 0.1) is 0 Å². The maximum atomic E-state index is 9.26. The highest BCUT2D eigenvalue weighted by Crippen LogP contribution is 2.11. The van der Waals surface area contributed by atoms with Crippen molar-refractivity contribution in [1.29, 1.82) is 0 Å². The molecule has 1 heterocycles. The Morgan fingerprint density at radius 3 is 2.50 bits per heavy atom. The quantitative estimate of drug-likeness (QED) is 0.735. The molecule has 0 aliphatic rings. The lowest BCUT2D eigenvalue weighted by Gasteiger charge is -2.16. The summed E-state index contributed by atoms with van der Waals surface area (Å²) in [5.74, 6) is 0.415. The zero-order valence-electron chi connectivity index (χ0n) is 11.4. The van der Waals surface area contributed by atoms with Crippen LogP contribution in [0.3, 0.4) is 0 Å². The fraction of sp³-hybridized carbons (Fsp3) is 0.231. The lowest BCUT2D eigenvalue weighted by molar-refractivity contribution is 0.281. The van der Waals surface area contributed by atoms with Crippen molar-refractivity contribution in [3.63, 3.8) is 0 Å².